The summed E-state index contributed by atoms with van der Waals surface area (Å²) in [4.78, 5) is 28.3. The number of fused-ring (bicyclic) bond motifs is 1. The number of esters is 1. The highest BCUT2D eigenvalue weighted by Gasteiger charge is 2.13. The molecule has 0 saturated carbocycles. The van der Waals surface area contributed by atoms with Crippen molar-refractivity contribution >= 4 is 34.2 Å². The molecule has 2 N–H and O–H groups in total. The van der Waals surface area contributed by atoms with Gasteiger partial charge in [0.15, 0.2) is 0 Å². The Hall–Kier alpha value is -3.41. The minimum absolute atomic E-state index is 0.193. The predicted octanol–water partition coefficient (Wildman–Crippen LogP) is 3.46. The van der Waals surface area contributed by atoms with E-state index in [1.165, 1.54) is 7.11 Å². The van der Waals surface area contributed by atoms with Gasteiger partial charge in [0, 0.05) is 24.5 Å². The van der Waals surface area contributed by atoms with E-state index in [1.807, 2.05) is 30.3 Å². The fourth-order valence-electron chi connectivity index (χ4n) is 2.65. The van der Waals surface area contributed by atoms with Crippen LogP contribution in [0.5, 0.6) is 0 Å². The topological polar surface area (TPSA) is 80.3 Å². The van der Waals surface area contributed by atoms with Gasteiger partial charge in [-0.3, -0.25) is 9.78 Å². The van der Waals surface area contributed by atoms with Gasteiger partial charge in [0.25, 0.3) is 0 Å². The molecule has 0 aliphatic rings. The van der Waals surface area contributed by atoms with Gasteiger partial charge in [0.2, 0.25) is 5.91 Å². The lowest BCUT2D eigenvalue weighted by molar-refractivity contribution is -0.115. The zero-order chi connectivity index (χ0) is 18.4. The predicted molar refractivity (Wildman–Crippen MR) is 101 cm³/mol. The maximum atomic E-state index is 12.2. The number of pyridine rings is 1. The zero-order valence-electron chi connectivity index (χ0n) is 14.4. The number of methoxy groups -OCH3 is 1. The van der Waals surface area contributed by atoms with Gasteiger partial charge in [0.05, 0.1) is 29.6 Å². The maximum absolute atomic E-state index is 12.2. The first-order chi connectivity index (χ1) is 12.7. The molecule has 0 bridgehead atoms. The van der Waals surface area contributed by atoms with Crippen molar-refractivity contribution in [3.8, 4) is 0 Å². The summed E-state index contributed by atoms with van der Waals surface area (Å²) in [7, 11) is 1.31. The van der Waals surface area contributed by atoms with E-state index >= 15 is 0 Å². The number of nitrogens with zero attached hydrogens (tertiary/aromatic N) is 1. The average Bonchev–Trinajstić information content (AvgIpc) is 2.68. The largest absolute Gasteiger partial charge is 0.465 e. The van der Waals surface area contributed by atoms with Crippen LogP contribution >= 0.6 is 0 Å². The van der Waals surface area contributed by atoms with E-state index in [-0.39, 0.29) is 12.3 Å². The van der Waals surface area contributed by atoms with Crippen molar-refractivity contribution in [3.05, 3.63) is 66.4 Å². The molecule has 132 valence electrons. The standard InChI is InChI=1S/C20H19N3O3/c1-26-20(25)15-8-2-3-9-16(15)23-18(24)11-13-21-17-10-4-6-14-7-5-12-22-19(14)17/h2-10,12,21H,11,13H2,1H3,(H,23,24). The molecule has 6 nitrogen and oxygen atoms in total. The van der Waals surface area contributed by atoms with Gasteiger partial charge in [-0.25, -0.2) is 4.79 Å². The Balaban J connectivity index is 1.61. The number of nitrogens with one attached hydrogen (secondary N) is 2. The number of rotatable bonds is 6. The third-order valence-electron chi connectivity index (χ3n) is 3.91. The van der Waals surface area contributed by atoms with Crippen molar-refractivity contribution in [1.29, 1.82) is 0 Å². The maximum Gasteiger partial charge on any atom is 0.339 e. The van der Waals surface area contributed by atoms with Crippen LogP contribution in [0.1, 0.15) is 16.8 Å². The number of benzene rings is 2. The summed E-state index contributed by atoms with van der Waals surface area (Å²) in [5, 5.41) is 7.03. The van der Waals surface area contributed by atoms with Crippen LogP contribution < -0.4 is 10.6 Å². The molecule has 6 heteroatoms. The molecule has 0 spiro atoms. The molecular weight excluding hydrogens is 330 g/mol. The molecule has 0 atom stereocenters. The number of carbonyl (C=O) groups is 2. The van der Waals surface area contributed by atoms with E-state index in [2.05, 4.69) is 15.6 Å². The molecule has 1 heterocycles. The van der Waals surface area contributed by atoms with E-state index < -0.39 is 5.97 Å². The third-order valence-corrected chi connectivity index (χ3v) is 3.91. The highest BCUT2D eigenvalue weighted by molar-refractivity contribution is 6.01. The van der Waals surface area contributed by atoms with Crippen molar-refractivity contribution < 1.29 is 14.3 Å². The SMILES string of the molecule is COC(=O)c1ccccc1NC(=O)CCNc1cccc2cccnc12. The van der Waals surface area contributed by atoms with Crippen LogP contribution in [0.25, 0.3) is 10.9 Å². The smallest absolute Gasteiger partial charge is 0.339 e. The number of anilines is 2. The monoisotopic (exact) mass is 349 g/mol. The van der Waals surface area contributed by atoms with Crippen LogP contribution in [0.3, 0.4) is 0 Å². The van der Waals surface area contributed by atoms with Crippen molar-refractivity contribution in [2.24, 2.45) is 0 Å². The summed E-state index contributed by atoms with van der Waals surface area (Å²) in [6, 6.07) is 16.5. The molecule has 1 amide bonds. The average molecular weight is 349 g/mol. The van der Waals surface area contributed by atoms with Crippen LogP contribution in [0.15, 0.2) is 60.8 Å². The molecule has 3 rings (SSSR count). The first kappa shape index (κ1) is 17.4. The van der Waals surface area contributed by atoms with Crippen LogP contribution in [0.2, 0.25) is 0 Å². The van der Waals surface area contributed by atoms with E-state index in [0.29, 0.717) is 17.8 Å². The Morgan fingerprint density at radius 2 is 1.77 bits per heavy atom. The summed E-state index contributed by atoms with van der Waals surface area (Å²) < 4.78 is 4.73. The van der Waals surface area contributed by atoms with E-state index in [9.17, 15) is 9.59 Å². The van der Waals surface area contributed by atoms with Gasteiger partial charge in [-0.05, 0) is 24.3 Å². The Morgan fingerprint density at radius 3 is 2.62 bits per heavy atom. The quantitative estimate of drug-likeness (QED) is 0.666. The van der Waals surface area contributed by atoms with E-state index in [0.717, 1.165) is 16.6 Å². The van der Waals surface area contributed by atoms with Gasteiger partial charge in [-0.15, -0.1) is 0 Å². The lowest BCUT2D eigenvalue weighted by Crippen LogP contribution is -2.18. The molecule has 0 fully saturated rings. The Morgan fingerprint density at radius 1 is 1.00 bits per heavy atom. The van der Waals surface area contributed by atoms with Crippen molar-refractivity contribution in [2.75, 3.05) is 24.3 Å². The molecule has 0 aliphatic carbocycles. The van der Waals surface area contributed by atoms with E-state index in [4.69, 9.17) is 4.74 Å². The first-order valence-electron chi connectivity index (χ1n) is 8.24. The molecule has 0 radical (unpaired) electrons. The van der Waals surface area contributed by atoms with Gasteiger partial charge < -0.3 is 15.4 Å². The van der Waals surface area contributed by atoms with Gasteiger partial charge in [-0.2, -0.15) is 0 Å². The first-order valence-corrected chi connectivity index (χ1v) is 8.24. The van der Waals surface area contributed by atoms with E-state index in [1.54, 1.807) is 30.5 Å². The summed E-state index contributed by atoms with van der Waals surface area (Å²) in [6.07, 6.45) is 1.99. The number of amides is 1. The van der Waals surface area contributed by atoms with Gasteiger partial charge in [-0.1, -0.05) is 30.3 Å². The lowest BCUT2D eigenvalue weighted by Gasteiger charge is -2.11. The van der Waals surface area contributed by atoms with Crippen LogP contribution in [0, 0.1) is 0 Å². The number of hydrogen-bond acceptors (Lipinski definition) is 5. The molecule has 1 aromatic heterocycles. The number of ether oxygens (including phenoxy) is 1. The number of hydrogen-bond donors (Lipinski definition) is 2. The fraction of sp³-hybridized carbons (Fsp3) is 0.150. The molecule has 26 heavy (non-hydrogen) atoms. The second kappa shape index (κ2) is 8.11. The Kier molecular flexibility index (Phi) is 5.43. The molecule has 0 saturated heterocycles. The van der Waals surface area contributed by atoms with Crippen molar-refractivity contribution in [3.63, 3.8) is 0 Å². The summed E-state index contributed by atoms with van der Waals surface area (Å²) >= 11 is 0. The number of aromatic nitrogens is 1. The minimum atomic E-state index is -0.485. The van der Waals surface area contributed by atoms with Crippen molar-refractivity contribution in [2.45, 2.75) is 6.42 Å². The zero-order valence-corrected chi connectivity index (χ0v) is 14.4. The molecule has 0 aliphatic heterocycles. The molecular formula is C20H19N3O3. The molecule has 3 aromatic rings. The highest BCUT2D eigenvalue weighted by Crippen LogP contribution is 2.20. The summed E-state index contributed by atoms with van der Waals surface area (Å²) in [5.41, 5.74) is 2.52. The van der Waals surface area contributed by atoms with Crippen LogP contribution in [-0.2, 0) is 9.53 Å². The second-order valence-corrected chi connectivity index (χ2v) is 5.64. The molecule has 0 unspecified atom stereocenters. The lowest BCUT2D eigenvalue weighted by atomic mass is 10.1. The highest BCUT2D eigenvalue weighted by atomic mass is 16.5. The number of para-hydroxylation sites is 2. The van der Waals surface area contributed by atoms with Crippen LogP contribution in [0.4, 0.5) is 11.4 Å². The van der Waals surface area contributed by atoms with Crippen molar-refractivity contribution in [1.82, 2.24) is 4.98 Å². The molecule has 2 aromatic carbocycles. The van der Waals surface area contributed by atoms with Gasteiger partial charge >= 0.3 is 5.97 Å². The summed E-state index contributed by atoms with van der Waals surface area (Å²) in [5.74, 6) is -0.678. The Bertz CT molecular complexity index is 935. The normalized spacial score (nSPS) is 10.3. The number of carbonyl (C=O) groups excluding carboxylic acids is 2. The Labute approximate surface area is 151 Å². The third kappa shape index (κ3) is 3.97. The summed E-state index contributed by atoms with van der Waals surface area (Å²) in [6.45, 7) is 0.446. The second-order valence-electron chi connectivity index (χ2n) is 5.64. The fourth-order valence-corrected chi connectivity index (χ4v) is 2.65. The minimum Gasteiger partial charge on any atom is -0.465 e. The van der Waals surface area contributed by atoms with Gasteiger partial charge in [0.1, 0.15) is 0 Å². The van der Waals surface area contributed by atoms with Crippen LogP contribution in [-0.4, -0.2) is 30.5 Å².